The van der Waals surface area contributed by atoms with Gasteiger partial charge in [-0.25, -0.2) is 9.37 Å². The van der Waals surface area contributed by atoms with E-state index in [1.807, 2.05) is 35.2 Å². The van der Waals surface area contributed by atoms with E-state index in [0.717, 1.165) is 10.6 Å². The lowest BCUT2D eigenvalue weighted by Crippen LogP contribution is -2.49. The van der Waals surface area contributed by atoms with E-state index >= 15 is 0 Å². The van der Waals surface area contributed by atoms with Gasteiger partial charge in [0.25, 0.3) is 11.5 Å². The Morgan fingerprint density at radius 1 is 1.03 bits per heavy atom. The highest BCUT2D eigenvalue weighted by Gasteiger charge is 2.24. The van der Waals surface area contributed by atoms with Gasteiger partial charge in [-0.1, -0.05) is 47.7 Å². The summed E-state index contributed by atoms with van der Waals surface area (Å²) in [6.07, 6.45) is 0. The van der Waals surface area contributed by atoms with Crippen molar-refractivity contribution in [3.05, 3.63) is 81.9 Å². The summed E-state index contributed by atoms with van der Waals surface area (Å²) in [7, 11) is 0. The number of hydrogen-bond donors (Lipinski definition) is 0. The summed E-state index contributed by atoms with van der Waals surface area (Å²) < 4.78 is 15.2. The van der Waals surface area contributed by atoms with Crippen molar-refractivity contribution in [3.63, 3.8) is 0 Å². The Balaban J connectivity index is 1.34. The summed E-state index contributed by atoms with van der Waals surface area (Å²) >= 11 is 1.36. The maximum atomic E-state index is 13.8. The summed E-state index contributed by atoms with van der Waals surface area (Å²) in [4.78, 5) is 34.2. The van der Waals surface area contributed by atoms with Gasteiger partial charge in [0.05, 0.1) is 0 Å². The molecule has 1 aliphatic rings. The molecule has 1 fully saturated rings. The van der Waals surface area contributed by atoms with Crippen molar-refractivity contribution >= 4 is 28.0 Å². The van der Waals surface area contributed by atoms with Gasteiger partial charge in [-0.3, -0.25) is 9.59 Å². The monoisotopic (exact) mass is 449 g/mol. The smallest absolute Gasteiger partial charge is 0.277 e. The maximum Gasteiger partial charge on any atom is 0.277 e. The third-order valence-corrected chi connectivity index (χ3v) is 6.52. The molecule has 3 heterocycles. The van der Waals surface area contributed by atoms with Crippen molar-refractivity contribution in [2.75, 3.05) is 31.1 Å². The fourth-order valence-electron chi connectivity index (χ4n) is 3.71. The van der Waals surface area contributed by atoms with E-state index in [9.17, 15) is 14.0 Å². The first-order chi connectivity index (χ1) is 15.5. The molecule has 0 N–H and O–H groups in total. The average Bonchev–Trinajstić information content (AvgIpc) is 3.26. The number of aryl methyl sites for hydroxylation is 1. The lowest BCUT2D eigenvalue weighted by atomic mass is 10.1. The molecule has 4 aromatic rings. The number of rotatable bonds is 3. The number of aromatic nitrogens is 3. The third-order valence-electron chi connectivity index (χ3n) is 5.56. The first kappa shape index (κ1) is 20.3. The predicted molar refractivity (Wildman–Crippen MR) is 122 cm³/mol. The Bertz CT molecular complexity index is 1360. The highest BCUT2D eigenvalue weighted by molar-refractivity contribution is 7.19. The van der Waals surface area contributed by atoms with Crippen LogP contribution in [0.5, 0.6) is 0 Å². The van der Waals surface area contributed by atoms with Crippen LogP contribution in [0.4, 0.5) is 10.2 Å². The zero-order valence-corrected chi connectivity index (χ0v) is 18.2. The second-order valence-corrected chi connectivity index (χ2v) is 8.62. The van der Waals surface area contributed by atoms with Crippen LogP contribution < -0.4 is 10.5 Å². The van der Waals surface area contributed by atoms with E-state index in [0.29, 0.717) is 48.1 Å². The summed E-state index contributed by atoms with van der Waals surface area (Å²) in [5.41, 5.74) is 1.55. The standard InChI is InChI=1S/C23H20FN5O2S/c1-15-7-8-17(13-18(15)24)22(31)28-11-9-27(10-12-28)19-14-20(30)29-23(25-19)32-21(26-29)16-5-3-2-4-6-16/h2-8,13-14H,9-12H2,1H3. The van der Waals surface area contributed by atoms with Crippen molar-refractivity contribution < 1.29 is 9.18 Å². The summed E-state index contributed by atoms with van der Waals surface area (Å²) in [6.45, 7) is 3.67. The highest BCUT2D eigenvalue weighted by atomic mass is 32.1. The van der Waals surface area contributed by atoms with Gasteiger partial charge in [0.2, 0.25) is 4.96 Å². The number of benzene rings is 2. The molecule has 0 saturated carbocycles. The Morgan fingerprint density at radius 2 is 1.78 bits per heavy atom. The Hall–Kier alpha value is -3.59. The largest absolute Gasteiger partial charge is 0.353 e. The van der Waals surface area contributed by atoms with Crippen LogP contribution in [0.3, 0.4) is 0 Å². The molecule has 0 aliphatic carbocycles. The van der Waals surface area contributed by atoms with E-state index in [-0.39, 0.29) is 17.3 Å². The van der Waals surface area contributed by atoms with Gasteiger partial charge in [0, 0.05) is 43.4 Å². The number of anilines is 1. The molecule has 0 atom stereocenters. The van der Waals surface area contributed by atoms with Crippen molar-refractivity contribution in [3.8, 4) is 10.6 Å². The van der Waals surface area contributed by atoms with Crippen LogP contribution in [0.2, 0.25) is 0 Å². The molecular formula is C23H20FN5O2S. The normalized spacial score (nSPS) is 14.2. The van der Waals surface area contributed by atoms with Gasteiger partial charge in [0.1, 0.15) is 16.6 Å². The zero-order chi connectivity index (χ0) is 22.2. The second-order valence-electron chi connectivity index (χ2n) is 7.66. The minimum atomic E-state index is -0.383. The molecule has 5 rings (SSSR count). The van der Waals surface area contributed by atoms with Gasteiger partial charge < -0.3 is 9.80 Å². The van der Waals surface area contributed by atoms with Gasteiger partial charge >= 0.3 is 0 Å². The molecule has 0 unspecified atom stereocenters. The lowest BCUT2D eigenvalue weighted by Gasteiger charge is -2.35. The Morgan fingerprint density at radius 3 is 2.50 bits per heavy atom. The second kappa shape index (κ2) is 8.16. The van der Waals surface area contributed by atoms with Gasteiger partial charge in [0.15, 0.2) is 0 Å². The van der Waals surface area contributed by atoms with Crippen LogP contribution in [0.25, 0.3) is 15.5 Å². The van der Waals surface area contributed by atoms with E-state index < -0.39 is 0 Å². The topological polar surface area (TPSA) is 70.8 Å². The number of halogens is 1. The zero-order valence-electron chi connectivity index (χ0n) is 17.4. The quantitative estimate of drug-likeness (QED) is 0.480. The number of carbonyl (C=O) groups excluding carboxylic acids is 1. The molecule has 0 radical (unpaired) electrons. The van der Waals surface area contributed by atoms with Crippen molar-refractivity contribution in [1.29, 1.82) is 0 Å². The number of piperazine rings is 1. The molecule has 9 heteroatoms. The molecule has 32 heavy (non-hydrogen) atoms. The van der Waals surface area contributed by atoms with Crippen LogP contribution in [0.1, 0.15) is 15.9 Å². The fraction of sp³-hybridized carbons (Fsp3) is 0.217. The Kier molecular flexibility index (Phi) is 5.18. The molecule has 0 spiro atoms. The van der Waals surface area contributed by atoms with Crippen LogP contribution in [0.15, 0.2) is 59.4 Å². The average molecular weight is 450 g/mol. The molecular weight excluding hydrogens is 429 g/mol. The number of nitrogens with zero attached hydrogens (tertiary/aromatic N) is 5. The fourth-order valence-corrected chi connectivity index (χ4v) is 4.61. The maximum absolute atomic E-state index is 13.8. The molecule has 7 nitrogen and oxygen atoms in total. The van der Waals surface area contributed by atoms with E-state index in [2.05, 4.69) is 10.1 Å². The van der Waals surface area contributed by atoms with Gasteiger partial charge in [-0.2, -0.15) is 9.61 Å². The number of hydrogen-bond acceptors (Lipinski definition) is 6. The third kappa shape index (κ3) is 3.75. The van der Waals surface area contributed by atoms with E-state index in [1.54, 1.807) is 24.0 Å². The first-order valence-corrected chi connectivity index (χ1v) is 11.1. The number of fused-ring (bicyclic) bond motifs is 1. The molecule has 1 amide bonds. The minimum Gasteiger partial charge on any atom is -0.353 e. The van der Waals surface area contributed by atoms with Crippen molar-refractivity contribution in [2.45, 2.75) is 6.92 Å². The SMILES string of the molecule is Cc1ccc(C(=O)N2CCN(c3cc(=O)n4nc(-c5ccccc5)sc4n3)CC2)cc1F. The first-order valence-electron chi connectivity index (χ1n) is 10.3. The number of carbonyl (C=O) groups is 1. The summed E-state index contributed by atoms with van der Waals surface area (Å²) in [6, 6.07) is 15.7. The molecule has 162 valence electrons. The van der Waals surface area contributed by atoms with Crippen LogP contribution in [0, 0.1) is 12.7 Å². The van der Waals surface area contributed by atoms with Gasteiger partial charge in [-0.15, -0.1) is 0 Å². The van der Waals surface area contributed by atoms with Crippen LogP contribution >= 0.6 is 11.3 Å². The Labute approximate surface area is 187 Å². The number of amides is 1. The molecule has 2 aromatic heterocycles. The van der Waals surface area contributed by atoms with Crippen molar-refractivity contribution in [2.24, 2.45) is 0 Å². The minimum absolute atomic E-state index is 0.193. The summed E-state index contributed by atoms with van der Waals surface area (Å²) in [5, 5.41) is 5.14. The summed E-state index contributed by atoms with van der Waals surface area (Å²) in [5.74, 6) is 0.000578. The molecule has 2 aromatic carbocycles. The van der Waals surface area contributed by atoms with Crippen molar-refractivity contribution in [1.82, 2.24) is 19.5 Å². The highest BCUT2D eigenvalue weighted by Crippen LogP contribution is 2.25. The van der Waals surface area contributed by atoms with E-state index in [1.165, 1.54) is 28.0 Å². The molecule has 1 aliphatic heterocycles. The van der Waals surface area contributed by atoms with Crippen LogP contribution in [-0.2, 0) is 0 Å². The predicted octanol–water partition coefficient (Wildman–Crippen LogP) is 3.23. The molecule has 0 bridgehead atoms. The van der Waals surface area contributed by atoms with E-state index in [4.69, 9.17) is 0 Å². The van der Waals surface area contributed by atoms with Gasteiger partial charge in [-0.05, 0) is 24.6 Å². The molecule has 1 saturated heterocycles. The lowest BCUT2D eigenvalue weighted by molar-refractivity contribution is 0.0746. The van der Waals surface area contributed by atoms with Crippen LogP contribution in [-0.4, -0.2) is 51.6 Å².